The van der Waals surface area contributed by atoms with Gasteiger partial charge < -0.3 is 14.6 Å². The summed E-state index contributed by atoms with van der Waals surface area (Å²) >= 11 is 0. The van der Waals surface area contributed by atoms with Gasteiger partial charge in [-0.2, -0.15) is 0 Å². The minimum absolute atomic E-state index is 0.0590. The molecule has 6 heteroatoms. The number of piperidine rings is 1. The molecular weight excluding hydrogens is 354 g/mol. The van der Waals surface area contributed by atoms with Crippen LogP contribution in [0.1, 0.15) is 24.0 Å². The second-order valence-electron chi connectivity index (χ2n) is 8.12. The Labute approximate surface area is 165 Å². The van der Waals surface area contributed by atoms with E-state index in [-0.39, 0.29) is 11.5 Å². The minimum atomic E-state index is -0.0590. The van der Waals surface area contributed by atoms with E-state index in [0.717, 1.165) is 75.2 Å². The van der Waals surface area contributed by atoms with Crippen LogP contribution in [0.5, 0.6) is 0 Å². The number of nitrogens with zero attached hydrogens (tertiary/aromatic N) is 2. The van der Waals surface area contributed by atoms with Gasteiger partial charge in [-0.15, -0.1) is 0 Å². The van der Waals surface area contributed by atoms with Crippen molar-refractivity contribution in [1.29, 1.82) is 0 Å². The highest BCUT2D eigenvalue weighted by Crippen LogP contribution is 2.21. The molecule has 2 fully saturated rings. The average Bonchev–Trinajstić information content (AvgIpc) is 2.70. The van der Waals surface area contributed by atoms with Gasteiger partial charge in [0.1, 0.15) is 0 Å². The summed E-state index contributed by atoms with van der Waals surface area (Å²) < 4.78 is 5.42. The number of carbonyl (C=O) groups is 1. The summed E-state index contributed by atoms with van der Waals surface area (Å²) in [4.78, 5) is 31.9. The third-order valence-corrected chi connectivity index (χ3v) is 6.04. The molecular formula is C22H29N3O3. The van der Waals surface area contributed by atoms with E-state index in [1.807, 2.05) is 29.2 Å². The molecule has 0 spiro atoms. The molecule has 1 amide bonds. The van der Waals surface area contributed by atoms with Gasteiger partial charge in [0.05, 0.1) is 19.6 Å². The second-order valence-corrected chi connectivity index (χ2v) is 8.12. The highest BCUT2D eigenvalue weighted by atomic mass is 16.5. The first kappa shape index (κ1) is 19.2. The van der Waals surface area contributed by atoms with Crippen LogP contribution in [0.2, 0.25) is 0 Å². The molecule has 1 aromatic heterocycles. The predicted octanol–water partition coefficient (Wildman–Crippen LogP) is 1.95. The third kappa shape index (κ3) is 4.45. The van der Waals surface area contributed by atoms with Crippen LogP contribution in [0, 0.1) is 12.8 Å². The number of ether oxygens (including phenoxy) is 1. The molecule has 2 aliphatic heterocycles. The zero-order valence-corrected chi connectivity index (χ0v) is 16.6. The van der Waals surface area contributed by atoms with Gasteiger partial charge >= 0.3 is 0 Å². The van der Waals surface area contributed by atoms with E-state index in [1.165, 1.54) is 0 Å². The SMILES string of the molecule is Cc1cc2cc(CC(=O)N3CCC(CN4CCOCC4)CC3)ccc2[nH]c1=O. The molecule has 6 nitrogen and oxygen atoms in total. The van der Waals surface area contributed by atoms with Gasteiger partial charge in [0.2, 0.25) is 5.91 Å². The summed E-state index contributed by atoms with van der Waals surface area (Å²) in [5, 5.41) is 0.978. The molecule has 0 radical (unpaired) electrons. The Kier molecular flexibility index (Phi) is 5.78. The maximum absolute atomic E-state index is 12.8. The highest BCUT2D eigenvalue weighted by molar-refractivity contribution is 5.83. The second kappa shape index (κ2) is 8.45. The van der Waals surface area contributed by atoms with Crippen LogP contribution >= 0.6 is 0 Å². The molecule has 1 N–H and O–H groups in total. The van der Waals surface area contributed by atoms with E-state index < -0.39 is 0 Å². The van der Waals surface area contributed by atoms with E-state index in [1.54, 1.807) is 6.92 Å². The number of likely N-dealkylation sites (tertiary alicyclic amines) is 1. The number of benzene rings is 1. The lowest BCUT2D eigenvalue weighted by atomic mass is 9.95. The summed E-state index contributed by atoms with van der Waals surface area (Å²) in [5.74, 6) is 0.882. The van der Waals surface area contributed by atoms with E-state index in [4.69, 9.17) is 4.74 Å². The van der Waals surface area contributed by atoms with Crippen molar-refractivity contribution < 1.29 is 9.53 Å². The lowest BCUT2D eigenvalue weighted by Crippen LogP contribution is -2.44. The number of pyridine rings is 1. The number of amides is 1. The molecule has 2 saturated heterocycles. The molecule has 0 atom stereocenters. The summed E-state index contributed by atoms with van der Waals surface area (Å²) in [6, 6.07) is 7.74. The number of aromatic nitrogens is 1. The molecule has 3 heterocycles. The van der Waals surface area contributed by atoms with Gasteiger partial charge in [-0.25, -0.2) is 0 Å². The molecule has 0 bridgehead atoms. The van der Waals surface area contributed by atoms with Crippen LogP contribution < -0.4 is 5.56 Å². The van der Waals surface area contributed by atoms with Crippen LogP contribution in [-0.2, 0) is 16.0 Å². The molecule has 1 aromatic carbocycles. The maximum atomic E-state index is 12.8. The first-order valence-corrected chi connectivity index (χ1v) is 10.3. The van der Waals surface area contributed by atoms with Crippen LogP contribution in [0.15, 0.2) is 29.1 Å². The number of morpholine rings is 1. The molecule has 2 aliphatic rings. The topological polar surface area (TPSA) is 65.6 Å². The normalized spacial score (nSPS) is 19.2. The molecule has 4 rings (SSSR count). The molecule has 0 unspecified atom stereocenters. The van der Waals surface area contributed by atoms with Crippen molar-refractivity contribution in [2.45, 2.75) is 26.2 Å². The first-order chi connectivity index (χ1) is 13.6. The quantitative estimate of drug-likeness (QED) is 0.876. The van der Waals surface area contributed by atoms with Crippen molar-refractivity contribution in [1.82, 2.24) is 14.8 Å². The number of aryl methyl sites for hydroxylation is 1. The maximum Gasteiger partial charge on any atom is 0.251 e. The Morgan fingerprint density at radius 3 is 2.64 bits per heavy atom. The zero-order valence-electron chi connectivity index (χ0n) is 16.6. The summed E-state index contributed by atoms with van der Waals surface area (Å²) in [6.45, 7) is 8.40. The van der Waals surface area contributed by atoms with E-state index >= 15 is 0 Å². The van der Waals surface area contributed by atoms with E-state index in [2.05, 4.69) is 9.88 Å². The number of fused-ring (bicyclic) bond motifs is 1. The van der Waals surface area contributed by atoms with Crippen molar-refractivity contribution in [2.24, 2.45) is 5.92 Å². The number of hydrogen-bond acceptors (Lipinski definition) is 4. The van der Waals surface area contributed by atoms with Gasteiger partial charge in [-0.1, -0.05) is 6.07 Å². The van der Waals surface area contributed by atoms with Gasteiger partial charge in [-0.3, -0.25) is 14.5 Å². The van der Waals surface area contributed by atoms with Crippen LogP contribution in [0.25, 0.3) is 10.9 Å². The molecule has 150 valence electrons. The first-order valence-electron chi connectivity index (χ1n) is 10.3. The van der Waals surface area contributed by atoms with Crippen molar-refractivity contribution >= 4 is 16.8 Å². The molecule has 0 aliphatic carbocycles. The van der Waals surface area contributed by atoms with Gasteiger partial charge in [0.15, 0.2) is 0 Å². The number of H-pyrrole nitrogens is 1. The Hall–Kier alpha value is -2.18. The predicted molar refractivity (Wildman–Crippen MR) is 110 cm³/mol. The summed E-state index contributed by atoms with van der Waals surface area (Å²) in [7, 11) is 0. The van der Waals surface area contributed by atoms with Gasteiger partial charge in [0, 0.05) is 43.8 Å². The fraction of sp³-hybridized carbons (Fsp3) is 0.545. The molecule has 28 heavy (non-hydrogen) atoms. The van der Waals surface area contributed by atoms with Crippen LogP contribution in [0.4, 0.5) is 0 Å². The highest BCUT2D eigenvalue weighted by Gasteiger charge is 2.25. The summed E-state index contributed by atoms with van der Waals surface area (Å²) in [5.41, 5.74) is 2.45. The average molecular weight is 383 g/mol. The number of carbonyl (C=O) groups excluding carboxylic acids is 1. The number of nitrogens with one attached hydrogen (secondary N) is 1. The molecule has 0 saturated carbocycles. The molecule has 2 aromatic rings. The fourth-order valence-electron chi connectivity index (χ4n) is 4.28. The third-order valence-electron chi connectivity index (χ3n) is 6.04. The Bertz CT molecular complexity index is 894. The van der Waals surface area contributed by atoms with E-state index in [9.17, 15) is 9.59 Å². The van der Waals surface area contributed by atoms with Crippen molar-refractivity contribution in [3.05, 3.63) is 45.7 Å². The largest absolute Gasteiger partial charge is 0.379 e. The zero-order chi connectivity index (χ0) is 19.5. The Morgan fingerprint density at radius 1 is 1.14 bits per heavy atom. The number of hydrogen-bond donors (Lipinski definition) is 1. The van der Waals surface area contributed by atoms with Crippen molar-refractivity contribution in [3.8, 4) is 0 Å². The van der Waals surface area contributed by atoms with Crippen molar-refractivity contribution in [2.75, 3.05) is 45.9 Å². The number of aromatic amines is 1. The van der Waals surface area contributed by atoms with Crippen LogP contribution in [0.3, 0.4) is 0 Å². The van der Waals surface area contributed by atoms with Gasteiger partial charge in [-0.05, 0) is 54.8 Å². The Balaban J connectivity index is 1.32. The Morgan fingerprint density at radius 2 is 1.89 bits per heavy atom. The van der Waals surface area contributed by atoms with E-state index in [0.29, 0.717) is 17.9 Å². The van der Waals surface area contributed by atoms with Crippen LogP contribution in [-0.4, -0.2) is 66.6 Å². The monoisotopic (exact) mass is 383 g/mol. The lowest BCUT2D eigenvalue weighted by molar-refractivity contribution is -0.132. The standard InChI is InChI=1S/C22H29N3O3/c1-16-12-19-13-18(2-3-20(19)23-22(16)27)14-21(26)25-6-4-17(5-7-25)15-24-8-10-28-11-9-24/h2-3,12-13,17H,4-11,14-15H2,1H3,(H,23,27). The van der Waals surface area contributed by atoms with Crippen molar-refractivity contribution in [3.63, 3.8) is 0 Å². The van der Waals surface area contributed by atoms with Gasteiger partial charge in [0.25, 0.3) is 5.56 Å². The number of rotatable bonds is 4. The smallest absolute Gasteiger partial charge is 0.251 e. The lowest BCUT2D eigenvalue weighted by Gasteiger charge is -2.36. The summed E-state index contributed by atoms with van der Waals surface area (Å²) in [6.07, 6.45) is 2.59. The minimum Gasteiger partial charge on any atom is -0.379 e. The fourth-order valence-corrected chi connectivity index (χ4v) is 4.28.